The highest BCUT2D eigenvalue weighted by Crippen LogP contribution is 2.42. The van der Waals surface area contributed by atoms with Crippen molar-refractivity contribution in [3.63, 3.8) is 0 Å². The molecular formula is C18H23ClN2O3. The molecule has 2 aliphatic rings. The Morgan fingerprint density at radius 1 is 1.29 bits per heavy atom. The number of fused-ring (bicyclic) bond motifs is 1. The van der Waals surface area contributed by atoms with Crippen LogP contribution in [0.4, 0.5) is 5.69 Å². The largest absolute Gasteiger partial charge is 0.372 e. The van der Waals surface area contributed by atoms with Gasteiger partial charge in [-0.3, -0.25) is 9.59 Å². The maximum Gasteiger partial charge on any atom is 0.242 e. The van der Waals surface area contributed by atoms with E-state index >= 15 is 0 Å². The van der Waals surface area contributed by atoms with E-state index in [0.29, 0.717) is 18.1 Å². The average Bonchev–Trinajstić information content (AvgIpc) is 2.67. The molecule has 2 atom stereocenters. The summed E-state index contributed by atoms with van der Waals surface area (Å²) < 4.78 is 5.67. The Balaban J connectivity index is 1.83. The Bertz CT molecular complexity index is 679. The summed E-state index contributed by atoms with van der Waals surface area (Å²) in [4.78, 5) is 28.9. The normalized spacial score (nSPS) is 25.8. The second kappa shape index (κ2) is 6.05. The number of carbonyl (C=O) groups is 2. The third-order valence-corrected chi connectivity index (χ3v) is 5.00. The first-order valence-corrected chi connectivity index (χ1v) is 8.63. The van der Waals surface area contributed by atoms with E-state index in [1.165, 1.54) is 0 Å². The van der Waals surface area contributed by atoms with Gasteiger partial charge in [-0.1, -0.05) is 11.6 Å². The van der Waals surface area contributed by atoms with Crippen molar-refractivity contribution in [2.75, 3.05) is 24.5 Å². The van der Waals surface area contributed by atoms with E-state index in [9.17, 15) is 9.59 Å². The standard InChI is InChI=1S/C18H23ClN2O3/c1-11-8-20(9-12(2)24-11)16(22)10-21-15-6-5-13(19)7-14(15)18(3,4)17(21)23/h5-7,11-12H,8-10H2,1-4H3. The molecule has 130 valence electrons. The van der Waals surface area contributed by atoms with Crippen molar-refractivity contribution in [1.29, 1.82) is 0 Å². The lowest BCUT2D eigenvalue weighted by molar-refractivity contribution is -0.142. The minimum absolute atomic E-state index is 0.00881. The minimum atomic E-state index is -0.674. The van der Waals surface area contributed by atoms with Crippen molar-refractivity contribution in [3.8, 4) is 0 Å². The molecule has 2 heterocycles. The van der Waals surface area contributed by atoms with Gasteiger partial charge in [0.15, 0.2) is 0 Å². The quantitative estimate of drug-likeness (QED) is 0.823. The zero-order valence-corrected chi connectivity index (χ0v) is 15.3. The zero-order valence-electron chi connectivity index (χ0n) is 14.5. The molecule has 0 N–H and O–H groups in total. The molecule has 0 spiro atoms. The Morgan fingerprint density at radius 2 is 1.92 bits per heavy atom. The maximum atomic E-state index is 12.8. The van der Waals surface area contributed by atoms with Crippen LogP contribution in [0, 0.1) is 0 Å². The SMILES string of the molecule is CC1CN(C(=O)CN2C(=O)C(C)(C)c3cc(Cl)ccc32)CC(C)O1. The smallest absolute Gasteiger partial charge is 0.242 e. The van der Waals surface area contributed by atoms with Gasteiger partial charge < -0.3 is 14.5 Å². The fourth-order valence-electron chi connectivity index (χ4n) is 3.58. The highest BCUT2D eigenvalue weighted by Gasteiger charge is 2.45. The molecule has 1 fully saturated rings. The van der Waals surface area contributed by atoms with Crippen LogP contribution in [0.1, 0.15) is 33.3 Å². The van der Waals surface area contributed by atoms with Crippen molar-refractivity contribution >= 4 is 29.1 Å². The lowest BCUT2D eigenvalue weighted by Gasteiger charge is -2.36. The second-order valence-electron chi connectivity index (χ2n) is 7.23. The predicted molar refractivity (Wildman–Crippen MR) is 93.4 cm³/mol. The van der Waals surface area contributed by atoms with E-state index in [1.807, 2.05) is 39.8 Å². The number of rotatable bonds is 2. The summed E-state index contributed by atoms with van der Waals surface area (Å²) in [6, 6.07) is 5.39. The molecule has 2 amide bonds. The number of halogens is 1. The van der Waals surface area contributed by atoms with Gasteiger partial charge in [-0.15, -0.1) is 0 Å². The molecule has 1 saturated heterocycles. The summed E-state index contributed by atoms with van der Waals surface area (Å²) >= 11 is 6.09. The molecule has 1 aromatic rings. The number of morpholine rings is 1. The van der Waals surface area contributed by atoms with Crippen LogP contribution in [0.2, 0.25) is 5.02 Å². The van der Waals surface area contributed by atoms with Gasteiger partial charge in [0.05, 0.1) is 17.6 Å². The summed E-state index contributed by atoms with van der Waals surface area (Å²) in [5.74, 6) is -0.119. The number of nitrogens with zero attached hydrogens (tertiary/aromatic N) is 2. The number of anilines is 1. The lowest BCUT2D eigenvalue weighted by Crippen LogP contribution is -2.52. The van der Waals surface area contributed by atoms with Gasteiger partial charge in [-0.2, -0.15) is 0 Å². The topological polar surface area (TPSA) is 49.9 Å². The number of amides is 2. The first-order valence-electron chi connectivity index (χ1n) is 8.25. The van der Waals surface area contributed by atoms with Crippen molar-refractivity contribution < 1.29 is 14.3 Å². The van der Waals surface area contributed by atoms with E-state index in [1.54, 1.807) is 15.9 Å². The van der Waals surface area contributed by atoms with Gasteiger partial charge in [0, 0.05) is 23.8 Å². The monoisotopic (exact) mass is 350 g/mol. The molecule has 24 heavy (non-hydrogen) atoms. The molecular weight excluding hydrogens is 328 g/mol. The second-order valence-corrected chi connectivity index (χ2v) is 7.67. The highest BCUT2D eigenvalue weighted by atomic mass is 35.5. The molecule has 0 aromatic heterocycles. The summed E-state index contributed by atoms with van der Waals surface area (Å²) in [6.45, 7) is 8.82. The van der Waals surface area contributed by atoms with Gasteiger partial charge >= 0.3 is 0 Å². The lowest BCUT2D eigenvalue weighted by atomic mass is 9.86. The Morgan fingerprint density at radius 3 is 2.54 bits per heavy atom. The summed E-state index contributed by atoms with van der Waals surface area (Å²) in [7, 11) is 0. The van der Waals surface area contributed by atoms with E-state index in [0.717, 1.165) is 11.3 Å². The minimum Gasteiger partial charge on any atom is -0.372 e. The predicted octanol–water partition coefficient (Wildman–Crippen LogP) is 2.60. The Hall–Kier alpha value is -1.59. The van der Waals surface area contributed by atoms with Crippen LogP contribution in [0.5, 0.6) is 0 Å². The molecule has 3 rings (SSSR count). The number of hydrogen-bond donors (Lipinski definition) is 0. The molecule has 2 aliphatic heterocycles. The third kappa shape index (κ3) is 2.91. The first-order chi connectivity index (χ1) is 11.2. The summed E-state index contributed by atoms with van der Waals surface area (Å²) in [5, 5.41) is 0.596. The van der Waals surface area contributed by atoms with Crippen molar-refractivity contribution in [3.05, 3.63) is 28.8 Å². The van der Waals surface area contributed by atoms with Crippen LogP contribution in [0.25, 0.3) is 0 Å². The average molecular weight is 351 g/mol. The number of carbonyl (C=O) groups excluding carboxylic acids is 2. The van der Waals surface area contributed by atoms with Gasteiger partial charge in [-0.05, 0) is 51.5 Å². The number of benzene rings is 1. The number of hydrogen-bond acceptors (Lipinski definition) is 3. The molecule has 6 heteroatoms. The van der Waals surface area contributed by atoms with Crippen molar-refractivity contribution in [2.45, 2.75) is 45.3 Å². The molecule has 1 aromatic carbocycles. The van der Waals surface area contributed by atoms with Crippen LogP contribution in [0.15, 0.2) is 18.2 Å². The van der Waals surface area contributed by atoms with Gasteiger partial charge in [0.25, 0.3) is 0 Å². The summed E-state index contributed by atoms with van der Waals surface area (Å²) in [6.07, 6.45) is 0.0176. The van der Waals surface area contributed by atoms with Crippen LogP contribution < -0.4 is 4.90 Å². The molecule has 5 nitrogen and oxygen atoms in total. The Kier molecular flexibility index (Phi) is 4.34. The van der Waals surface area contributed by atoms with E-state index in [-0.39, 0.29) is 30.6 Å². The van der Waals surface area contributed by atoms with E-state index < -0.39 is 5.41 Å². The van der Waals surface area contributed by atoms with Gasteiger partial charge in [-0.25, -0.2) is 0 Å². The molecule has 0 saturated carbocycles. The van der Waals surface area contributed by atoms with Gasteiger partial charge in [0.2, 0.25) is 11.8 Å². The van der Waals surface area contributed by atoms with E-state index in [4.69, 9.17) is 16.3 Å². The molecule has 0 aliphatic carbocycles. The highest BCUT2D eigenvalue weighted by molar-refractivity contribution is 6.31. The van der Waals surface area contributed by atoms with E-state index in [2.05, 4.69) is 0 Å². The van der Waals surface area contributed by atoms with Gasteiger partial charge in [0.1, 0.15) is 6.54 Å². The number of ether oxygens (including phenoxy) is 1. The summed E-state index contributed by atoms with van der Waals surface area (Å²) in [5.41, 5.74) is 0.972. The molecule has 0 radical (unpaired) electrons. The zero-order chi connectivity index (χ0) is 17.6. The van der Waals surface area contributed by atoms with Crippen LogP contribution >= 0.6 is 11.6 Å². The third-order valence-electron chi connectivity index (χ3n) is 4.77. The molecule has 0 bridgehead atoms. The van der Waals surface area contributed by atoms with Crippen molar-refractivity contribution in [2.24, 2.45) is 0 Å². The molecule has 2 unspecified atom stereocenters. The first kappa shape index (κ1) is 17.2. The maximum absolute atomic E-state index is 12.8. The Labute approximate surface area is 147 Å². The van der Waals surface area contributed by atoms with Crippen LogP contribution in [-0.4, -0.2) is 48.6 Å². The van der Waals surface area contributed by atoms with Crippen LogP contribution in [0.3, 0.4) is 0 Å². The fourth-order valence-corrected chi connectivity index (χ4v) is 3.75. The fraction of sp³-hybridized carbons (Fsp3) is 0.556. The van der Waals surface area contributed by atoms with Crippen molar-refractivity contribution in [1.82, 2.24) is 4.90 Å². The van der Waals surface area contributed by atoms with Crippen LogP contribution in [-0.2, 0) is 19.7 Å².